The summed E-state index contributed by atoms with van der Waals surface area (Å²) in [6.07, 6.45) is 14.1. The highest BCUT2D eigenvalue weighted by molar-refractivity contribution is 6.08. The van der Waals surface area contributed by atoms with Crippen LogP contribution in [0.3, 0.4) is 0 Å². The number of aromatic nitrogens is 13. The molecule has 0 radical (unpaired) electrons. The van der Waals surface area contributed by atoms with Crippen molar-refractivity contribution in [2.45, 2.75) is 44.6 Å². The number of amides is 2. The molecule has 2 amide bonds. The minimum atomic E-state index is -4.44. The number of rotatable bonds is 24. The molecular weight excluding hydrogens is 1670 g/mol. The quantitative estimate of drug-likeness (QED) is 0.0218. The Morgan fingerprint density at radius 1 is 0.538 bits per heavy atom. The van der Waals surface area contributed by atoms with Gasteiger partial charge in [0.15, 0.2) is 0 Å². The predicted molar refractivity (Wildman–Crippen MR) is 494 cm³/mol. The van der Waals surface area contributed by atoms with E-state index in [4.69, 9.17) is 56.5 Å². The maximum Gasteiger partial charge on any atom is 0.416 e. The van der Waals surface area contributed by atoms with E-state index in [9.17, 15) is 37.5 Å². The number of carboxylic acids is 1. The second kappa shape index (κ2) is 42.5. The lowest BCUT2D eigenvalue weighted by Gasteiger charge is -2.18. The van der Waals surface area contributed by atoms with Gasteiger partial charge in [-0.05, 0) is 151 Å². The standard InChI is InChI=1S/C20H21N3O3.C18H12F3N3O.C17H14N4O2.C15H17N3O2.C14H16N2O3.C12H12N2O3/c1-4-15-18-17(23(2)22-15)11-10-14(19(18)26-3)20(25)21-16(12-24)13-8-6-5-7-9-13;1-22-15-10-9-14-16(17(15)25-2)13(23-24-14)8-7-11-5-3-4-6-12(11)18(19,20)21;1-18-15-6-5-14-16(17(15)23-2)13(20-21-14)4-3-11-7-12(10-22)9-19-8-11;1-4-11-13-12(18(2)17-11)8-7-10(14(13)20-3)15(19)16-9-5-6-9;1-5-10-12-11(16(3)15-10)8-7-9(13(12)18-4)14(17)19-6-2;1-4-8-10-9(14(2)13-8)6-5-7(12(15)16)11(10)17-3/h4-11,16,24H,1,12H2,2-3H3,(H,21,25);3-10H,2H3,(H,23,24);3-9,22H,10H2,2H3,(H,20,21);4,7-9H,1,5-6H2,2-3H3,(H,16,19);5,7-8H,1,6H2,2-4H3;4-6H,1H2,2-3H3,(H,15,16)/b;8-7+;4-3+;;;/t16-;;;;;/m1...../s1. The smallest absolute Gasteiger partial charge is 0.416 e. The number of carbonyl (C=O) groups excluding carboxylic acids is 3. The van der Waals surface area contributed by atoms with Crippen molar-refractivity contribution in [3.05, 3.63) is 279 Å². The fourth-order valence-corrected chi connectivity index (χ4v) is 14.3. The van der Waals surface area contributed by atoms with Gasteiger partial charge in [-0.3, -0.25) is 43.5 Å². The number of hydrogen-bond acceptors (Lipinski definition) is 20. The number of aliphatic hydroxyl groups excluding tert-OH is 2. The zero-order valence-corrected chi connectivity index (χ0v) is 72.8. The summed E-state index contributed by atoms with van der Waals surface area (Å²) in [5, 5.41) is 69.5. The third kappa shape index (κ3) is 20.4. The Labute approximate surface area is 743 Å². The second-order valence-electron chi connectivity index (χ2n) is 28.5. The largest absolute Gasteiger partial charge is 0.507 e. The van der Waals surface area contributed by atoms with Crippen molar-refractivity contribution < 1.29 is 80.8 Å². The Hall–Kier alpha value is -16.5. The Bertz CT molecular complexity index is 6940. The fourth-order valence-electron chi connectivity index (χ4n) is 14.3. The molecule has 0 aliphatic heterocycles. The van der Waals surface area contributed by atoms with E-state index in [0.29, 0.717) is 120 Å². The molecule has 8 aromatic carbocycles. The van der Waals surface area contributed by atoms with Gasteiger partial charge in [-0.15, -0.1) is 0 Å². The molecule has 130 heavy (non-hydrogen) atoms. The third-order valence-electron chi connectivity index (χ3n) is 20.5. The molecule has 0 spiro atoms. The maximum absolute atomic E-state index is 13.1. The molecule has 31 nitrogen and oxygen atoms in total. The number of esters is 1. The van der Waals surface area contributed by atoms with E-state index in [2.05, 4.69) is 92.4 Å². The molecule has 34 heteroatoms. The van der Waals surface area contributed by atoms with Crippen LogP contribution in [0.4, 0.5) is 24.5 Å². The zero-order chi connectivity index (χ0) is 93.8. The van der Waals surface area contributed by atoms with Crippen molar-refractivity contribution in [3.63, 3.8) is 0 Å². The van der Waals surface area contributed by atoms with E-state index < -0.39 is 29.7 Å². The summed E-state index contributed by atoms with van der Waals surface area (Å²) in [6, 6.07) is 37.0. The molecule has 0 bridgehead atoms. The third-order valence-corrected chi connectivity index (χ3v) is 20.5. The van der Waals surface area contributed by atoms with Gasteiger partial charge in [0.2, 0.25) is 11.4 Å². The van der Waals surface area contributed by atoms with Crippen LogP contribution in [-0.2, 0) is 45.7 Å². The van der Waals surface area contributed by atoms with Gasteiger partial charge in [0, 0.05) is 46.6 Å². The number of alkyl halides is 3. The van der Waals surface area contributed by atoms with Crippen molar-refractivity contribution in [1.82, 2.24) is 75.1 Å². The number of ether oxygens (including phenoxy) is 7. The number of nitrogens with one attached hydrogen (secondary N) is 4. The SMILES string of the molecule is C=Cc1nn(C)c2ccc(C(=O)NC3CC3)c(OC)c12.C=Cc1nn(C)c2ccc(C(=O)N[C@H](CO)c3ccccc3)c(OC)c12.C=Cc1nn(C)c2ccc(C(=O)O)c(OC)c12.C=Cc1nn(C)c2ccc(C(=O)OCC)c(OC)c12.[C-]#[N+]c1ccc2[nH]nc(/C=C/c3cncc(CO)c3)c2c1OC.[C-]#[N+]c1ccc2n[nH]c(/C=C/c3ccccc3C(F)(F)F)c2c1OC. The first-order chi connectivity index (χ1) is 62.7. The number of hydrogen-bond donors (Lipinski definition) is 7. The van der Waals surface area contributed by atoms with Crippen LogP contribution in [0, 0.1) is 13.1 Å². The maximum atomic E-state index is 13.1. The van der Waals surface area contributed by atoms with E-state index in [1.165, 1.54) is 64.9 Å². The number of methoxy groups -OCH3 is 6. The normalized spacial score (nSPS) is 11.7. The molecule has 7 N–H and O–H groups in total. The van der Waals surface area contributed by atoms with Gasteiger partial charge in [-0.1, -0.05) is 99.1 Å². The molecule has 15 aromatic rings. The van der Waals surface area contributed by atoms with E-state index in [-0.39, 0.29) is 36.2 Å². The number of fused-ring (bicyclic) bond motifs is 6. The number of pyridine rings is 1. The molecule has 666 valence electrons. The molecule has 0 unspecified atom stereocenters. The van der Waals surface area contributed by atoms with Gasteiger partial charge in [0.25, 0.3) is 11.8 Å². The van der Waals surface area contributed by atoms with E-state index in [1.54, 1.807) is 126 Å². The second-order valence-corrected chi connectivity index (χ2v) is 28.5. The van der Waals surface area contributed by atoms with E-state index >= 15 is 0 Å². The first kappa shape index (κ1) is 94.2. The molecule has 1 aliphatic rings. The number of aliphatic hydroxyl groups is 2. The lowest BCUT2D eigenvalue weighted by atomic mass is 10.0. The highest BCUT2D eigenvalue weighted by Crippen LogP contribution is 2.42. The summed E-state index contributed by atoms with van der Waals surface area (Å²) in [5.74, 6) is 0.782. The minimum absolute atomic E-state index is 0.0399. The van der Waals surface area contributed by atoms with Gasteiger partial charge < -0.3 is 59.1 Å². The first-order valence-electron chi connectivity index (χ1n) is 40.0. The Balaban J connectivity index is 0.000000152. The average Bonchev–Trinajstić information content (AvgIpc) is 1.62. The average molecular weight is 1760 g/mol. The van der Waals surface area contributed by atoms with Crippen LogP contribution in [0.25, 0.3) is 124 Å². The number of halogens is 3. The van der Waals surface area contributed by atoms with Gasteiger partial charge in [-0.25, -0.2) is 19.3 Å². The van der Waals surface area contributed by atoms with Crippen LogP contribution in [0.15, 0.2) is 172 Å². The number of carbonyl (C=O) groups is 4. The topological polar surface area (TPSA) is 368 Å². The lowest BCUT2D eigenvalue weighted by molar-refractivity contribution is -0.137. The van der Waals surface area contributed by atoms with Crippen LogP contribution in [0.5, 0.6) is 34.5 Å². The van der Waals surface area contributed by atoms with Crippen molar-refractivity contribution >= 4 is 149 Å². The molecule has 1 aliphatic carbocycles. The monoisotopic (exact) mass is 1760 g/mol. The highest BCUT2D eigenvalue weighted by Gasteiger charge is 2.33. The summed E-state index contributed by atoms with van der Waals surface area (Å²) in [4.78, 5) is 59.1. The highest BCUT2D eigenvalue weighted by atomic mass is 19.4. The molecule has 1 saturated carbocycles. The van der Waals surface area contributed by atoms with Gasteiger partial charge >= 0.3 is 18.1 Å². The Morgan fingerprint density at radius 2 is 1.01 bits per heavy atom. The Kier molecular flexibility index (Phi) is 30.8. The first-order valence-corrected chi connectivity index (χ1v) is 40.0. The van der Waals surface area contributed by atoms with Crippen molar-refractivity contribution in [2.24, 2.45) is 28.2 Å². The zero-order valence-electron chi connectivity index (χ0n) is 72.8. The lowest BCUT2D eigenvalue weighted by Crippen LogP contribution is -2.31. The van der Waals surface area contributed by atoms with Gasteiger partial charge in [0.05, 0.1) is 198 Å². The number of aromatic carboxylic acids is 1. The molecule has 1 atom stereocenters. The summed E-state index contributed by atoms with van der Waals surface area (Å²) in [6.45, 7) is 31.2. The predicted octanol–water partition coefficient (Wildman–Crippen LogP) is 17.6. The summed E-state index contributed by atoms with van der Waals surface area (Å²) < 4.78 is 83.4. The van der Waals surface area contributed by atoms with Crippen LogP contribution in [0.1, 0.15) is 129 Å². The molecule has 16 rings (SSSR count). The number of nitrogens with zero attached hydrogens (tertiary/aromatic N) is 13. The molecule has 7 aromatic heterocycles. The molecular formula is C96H92F3N17O14. The van der Waals surface area contributed by atoms with Crippen LogP contribution < -0.4 is 39.1 Å². The van der Waals surface area contributed by atoms with Crippen LogP contribution in [-0.4, -0.2) is 165 Å². The van der Waals surface area contributed by atoms with Gasteiger partial charge in [-0.2, -0.15) is 43.8 Å². The van der Waals surface area contributed by atoms with E-state index in [0.717, 1.165) is 90.4 Å². The molecule has 7 heterocycles. The van der Waals surface area contributed by atoms with Crippen LogP contribution in [0.2, 0.25) is 0 Å². The van der Waals surface area contributed by atoms with Crippen molar-refractivity contribution in [3.8, 4) is 34.5 Å². The number of aryl methyl sites for hydroxylation is 4. The number of aromatic amines is 2. The van der Waals surface area contributed by atoms with Crippen molar-refractivity contribution in [2.75, 3.05) is 55.9 Å². The van der Waals surface area contributed by atoms with Crippen LogP contribution >= 0.6 is 0 Å². The minimum Gasteiger partial charge on any atom is -0.507 e. The van der Waals surface area contributed by atoms with Crippen molar-refractivity contribution in [1.29, 1.82) is 0 Å². The summed E-state index contributed by atoms with van der Waals surface area (Å²) >= 11 is 0. The number of carboxylic acid groups (broad SMARTS) is 1. The fraction of sp³-hybridized carbons (Fsp3) is 0.198. The van der Waals surface area contributed by atoms with Gasteiger partial charge in [0.1, 0.15) is 45.6 Å². The molecule has 0 saturated heterocycles. The summed E-state index contributed by atoms with van der Waals surface area (Å²) in [5.41, 5.74) is 12.6. The number of benzene rings is 8. The van der Waals surface area contributed by atoms with E-state index in [1.807, 2.05) is 94.0 Å². The summed E-state index contributed by atoms with van der Waals surface area (Å²) in [7, 11) is 16.3. The Morgan fingerprint density at radius 3 is 1.48 bits per heavy atom. The number of H-pyrrole nitrogens is 2. The molecule has 1 fully saturated rings.